The van der Waals surface area contributed by atoms with E-state index in [1.54, 1.807) is 0 Å². The minimum Gasteiger partial charge on any atom is -0.353 e. The maximum absolute atomic E-state index is 13.7. The minimum absolute atomic E-state index is 0.0257. The predicted molar refractivity (Wildman–Crippen MR) is 67.3 cm³/mol. The van der Waals surface area contributed by atoms with E-state index in [2.05, 4.69) is 5.32 Å². The monoisotopic (exact) mass is 304 g/mol. The molecule has 5 nitrogen and oxygen atoms in total. The van der Waals surface area contributed by atoms with E-state index in [0.29, 0.717) is 6.07 Å². The number of carbonyl (C=O) groups excluding carboxylic acids is 1. The number of nitrogens with zero attached hydrogens (tertiary/aromatic N) is 1. The van der Waals surface area contributed by atoms with Crippen LogP contribution in [-0.2, 0) is 14.8 Å². The highest BCUT2D eigenvalue weighted by molar-refractivity contribution is 7.89. The molecule has 0 bridgehead atoms. The average Bonchev–Trinajstić information content (AvgIpc) is 2.31. The Morgan fingerprint density at radius 1 is 1.30 bits per heavy atom. The fourth-order valence-corrected chi connectivity index (χ4v) is 3.90. The van der Waals surface area contributed by atoms with Gasteiger partial charge < -0.3 is 5.32 Å². The van der Waals surface area contributed by atoms with Gasteiger partial charge in [-0.15, -0.1) is 0 Å². The SMILES string of the molecule is CC1(C)C(=O)NCCN1S(=O)(=O)c1ccc(F)cc1F. The molecule has 0 aliphatic carbocycles. The molecule has 1 aromatic rings. The van der Waals surface area contributed by atoms with Gasteiger partial charge in [-0.2, -0.15) is 4.31 Å². The van der Waals surface area contributed by atoms with E-state index in [4.69, 9.17) is 0 Å². The predicted octanol–water partition coefficient (Wildman–Crippen LogP) is 0.864. The van der Waals surface area contributed by atoms with Gasteiger partial charge in [0.05, 0.1) is 0 Å². The van der Waals surface area contributed by atoms with Crippen molar-refractivity contribution in [1.82, 2.24) is 9.62 Å². The number of benzene rings is 1. The molecule has 0 saturated carbocycles. The first-order valence-electron chi connectivity index (χ1n) is 5.93. The lowest BCUT2D eigenvalue weighted by Crippen LogP contribution is -2.63. The van der Waals surface area contributed by atoms with Crippen molar-refractivity contribution in [3.05, 3.63) is 29.8 Å². The third kappa shape index (κ3) is 2.29. The molecular formula is C12H14F2N2O3S. The van der Waals surface area contributed by atoms with Gasteiger partial charge in [-0.05, 0) is 26.0 Å². The normalized spacial score (nSPS) is 19.7. The summed E-state index contributed by atoms with van der Waals surface area (Å²) in [5, 5.41) is 2.55. The smallest absolute Gasteiger partial charge is 0.247 e. The lowest BCUT2D eigenvalue weighted by atomic mass is 10.0. The third-order valence-electron chi connectivity index (χ3n) is 3.24. The molecule has 1 amide bonds. The Balaban J connectivity index is 2.52. The van der Waals surface area contributed by atoms with Crippen LogP contribution in [-0.4, -0.2) is 37.3 Å². The number of nitrogens with one attached hydrogen (secondary N) is 1. The van der Waals surface area contributed by atoms with Crippen molar-refractivity contribution in [3.63, 3.8) is 0 Å². The summed E-state index contributed by atoms with van der Waals surface area (Å²) in [5.74, 6) is -2.50. The molecule has 0 radical (unpaired) electrons. The average molecular weight is 304 g/mol. The molecule has 0 unspecified atom stereocenters. The number of rotatable bonds is 2. The van der Waals surface area contributed by atoms with Crippen LogP contribution in [0.25, 0.3) is 0 Å². The Morgan fingerprint density at radius 3 is 2.55 bits per heavy atom. The summed E-state index contributed by atoms with van der Waals surface area (Å²) < 4.78 is 52.4. The summed E-state index contributed by atoms with van der Waals surface area (Å²) >= 11 is 0. The highest BCUT2D eigenvalue weighted by atomic mass is 32.2. The van der Waals surface area contributed by atoms with Crippen LogP contribution in [0, 0.1) is 11.6 Å². The van der Waals surface area contributed by atoms with Gasteiger partial charge in [-0.1, -0.05) is 0 Å². The van der Waals surface area contributed by atoms with Crippen LogP contribution in [0.2, 0.25) is 0 Å². The number of hydrogen-bond donors (Lipinski definition) is 1. The molecule has 0 spiro atoms. The largest absolute Gasteiger partial charge is 0.353 e. The fraction of sp³-hybridized carbons (Fsp3) is 0.417. The molecule has 0 atom stereocenters. The van der Waals surface area contributed by atoms with Crippen molar-refractivity contribution in [2.45, 2.75) is 24.3 Å². The number of halogens is 2. The molecule has 1 aromatic carbocycles. The highest BCUT2D eigenvalue weighted by Crippen LogP contribution is 2.28. The van der Waals surface area contributed by atoms with Crippen LogP contribution in [0.3, 0.4) is 0 Å². The number of amides is 1. The second-order valence-electron chi connectivity index (χ2n) is 4.97. The number of carbonyl (C=O) groups is 1. The quantitative estimate of drug-likeness (QED) is 0.881. The first-order valence-corrected chi connectivity index (χ1v) is 7.37. The molecule has 1 saturated heterocycles. The zero-order chi connectivity index (χ0) is 15.1. The van der Waals surface area contributed by atoms with Crippen molar-refractivity contribution in [2.24, 2.45) is 0 Å². The van der Waals surface area contributed by atoms with E-state index < -0.39 is 38.0 Å². The summed E-state index contributed by atoms with van der Waals surface area (Å²) in [4.78, 5) is 11.1. The maximum atomic E-state index is 13.7. The summed E-state index contributed by atoms with van der Waals surface area (Å²) in [5.41, 5.74) is -1.34. The number of sulfonamides is 1. The van der Waals surface area contributed by atoms with E-state index in [1.165, 1.54) is 13.8 Å². The molecule has 1 aliphatic rings. The molecule has 2 rings (SSSR count). The van der Waals surface area contributed by atoms with Crippen molar-refractivity contribution in [2.75, 3.05) is 13.1 Å². The standard InChI is InChI=1S/C12H14F2N2O3S/c1-12(2)11(17)15-5-6-16(12)20(18,19)10-4-3-8(13)7-9(10)14/h3-4,7H,5-6H2,1-2H3,(H,15,17). The fourth-order valence-electron chi connectivity index (χ4n) is 2.10. The first kappa shape index (κ1) is 14.9. The Hall–Kier alpha value is -1.54. The highest BCUT2D eigenvalue weighted by Gasteiger charge is 2.45. The van der Waals surface area contributed by atoms with Crippen molar-refractivity contribution < 1.29 is 22.0 Å². The zero-order valence-electron chi connectivity index (χ0n) is 11.0. The molecule has 1 heterocycles. The topological polar surface area (TPSA) is 66.5 Å². The van der Waals surface area contributed by atoms with Gasteiger partial charge in [0.25, 0.3) is 0 Å². The number of hydrogen-bond acceptors (Lipinski definition) is 3. The Labute approximate surface area is 115 Å². The van der Waals surface area contributed by atoms with Crippen LogP contribution in [0.1, 0.15) is 13.8 Å². The number of piperazine rings is 1. The van der Waals surface area contributed by atoms with Gasteiger partial charge in [0.1, 0.15) is 22.1 Å². The summed E-state index contributed by atoms with van der Waals surface area (Å²) in [7, 11) is -4.22. The van der Waals surface area contributed by atoms with E-state index in [0.717, 1.165) is 16.4 Å². The maximum Gasteiger partial charge on any atom is 0.247 e. The molecule has 110 valence electrons. The molecule has 1 fully saturated rings. The second-order valence-corrected chi connectivity index (χ2v) is 6.80. The van der Waals surface area contributed by atoms with E-state index >= 15 is 0 Å². The van der Waals surface area contributed by atoms with Gasteiger partial charge in [0.15, 0.2) is 0 Å². The molecule has 0 aromatic heterocycles. The Morgan fingerprint density at radius 2 is 1.95 bits per heavy atom. The Kier molecular flexibility index (Phi) is 3.55. The van der Waals surface area contributed by atoms with Crippen LogP contribution in [0.15, 0.2) is 23.1 Å². The van der Waals surface area contributed by atoms with Gasteiger partial charge in [0, 0.05) is 19.2 Å². The van der Waals surface area contributed by atoms with Crippen LogP contribution < -0.4 is 5.32 Å². The molecular weight excluding hydrogens is 290 g/mol. The van der Waals surface area contributed by atoms with Gasteiger partial charge in [-0.3, -0.25) is 4.79 Å². The van der Waals surface area contributed by atoms with Gasteiger partial charge in [0.2, 0.25) is 15.9 Å². The molecule has 1 aliphatic heterocycles. The van der Waals surface area contributed by atoms with Crippen molar-refractivity contribution in [1.29, 1.82) is 0 Å². The van der Waals surface area contributed by atoms with Crippen molar-refractivity contribution in [3.8, 4) is 0 Å². The van der Waals surface area contributed by atoms with Crippen LogP contribution >= 0.6 is 0 Å². The van der Waals surface area contributed by atoms with Gasteiger partial charge in [-0.25, -0.2) is 17.2 Å². The zero-order valence-corrected chi connectivity index (χ0v) is 11.8. The van der Waals surface area contributed by atoms with E-state index in [-0.39, 0.29) is 13.1 Å². The third-order valence-corrected chi connectivity index (χ3v) is 5.35. The summed E-state index contributed by atoms with van der Waals surface area (Å²) in [6.07, 6.45) is 0. The Bertz CT molecular complexity index is 659. The second kappa shape index (κ2) is 4.78. The lowest BCUT2D eigenvalue weighted by Gasteiger charge is -2.39. The van der Waals surface area contributed by atoms with Gasteiger partial charge >= 0.3 is 0 Å². The first-order chi connectivity index (χ1) is 9.17. The van der Waals surface area contributed by atoms with E-state index in [9.17, 15) is 22.0 Å². The van der Waals surface area contributed by atoms with Crippen molar-refractivity contribution >= 4 is 15.9 Å². The van der Waals surface area contributed by atoms with E-state index in [1.807, 2.05) is 0 Å². The molecule has 20 heavy (non-hydrogen) atoms. The van der Waals surface area contributed by atoms with Crippen LogP contribution in [0.4, 0.5) is 8.78 Å². The minimum atomic E-state index is -4.22. The molecule has 8 heteroatoms. The molecule has 1 N–H and O–H groups in total. The van der Waals surface area contributed by atoms with Crippen LogP contribution in [0.5, 0.6) is 0 Å². The summed E-state index contributed by atoms with van der Waals surface area (Å²) in [6, 6.07) is 2.24. The summed E-state index contributed by atoms with van der Waals surface area (Å²) in [6.45, 7) is 3.03. The lowest BCUT2D eigenvalue weighted by molar-refractivity contribution is -0.131.